The van der Waals surface area contributed by atoms with Crippen LogP contribution in [0.4, 0.5) is 17.6 Å². The van der Waals surface area contributed by atoms with Crippen LogP contribution >= 0.6 is 0 Å². The number of fused-ring (bicyclic) bond motifs is 3. The van der Waals surface area contributed by atoms with Crippen molar-refractivity contribution >= 4 is 44.7 Å². The number of benzene rings is 1. The number of hydrogen-bond donors (Lipinski definition) is 3. The van der Waals surface area contributed by atoms with Gasteiger partial charge in [0.15, 0.2) is 11.5 Å². The van der Waals surface area contributed by atoms with Crippen molar-refractivity contribution in [3.63, 3.8) is 0 Å². The van der Waals surface area contributed by atoms with Crippen molar-refractivity contribution in [2.24, 2.45) is 5.92 Å². The molecule has 2 aliphatic heterocycles. The van der Waals surface area contributed by atoms with Crippen LogP contribution in [0.15, 0.2) is 40.9 Å². The monoisotopic (exact) mass is 805 g/mol. The van der Waals surface area contributed by atoms with E-state index in [-0.39, 0.29) is 24.1 Å². The van der Waals surface area contributed by atoms with E-state index < -0.39 is 110 Å². The Bertz CT molecular complexity index is 2230. The van der Waals surface area contributed by atoms with Crippen LogP contribution < -0.4 is 20.1 Å². The molecule has 1 saturated heterocycles. The largest absolute Gasteiger partial charge is 0.471 e. The predicted molar refractivity (Wildman–Crippen MR) is 187 cm³/mol. The molecule has 0 radical (unpaired) electrons. The average Bonchev–Trinajstić information content (AvgIpc) is 3.93. The molecule has 3 aromatic rings. The summed E-state index contributed by atoms with van der Waals surface area (Å²) in [6.07, 6.45) is -0.166. The summed E-state index contributed by atoms with van der Waals surface area (Å²) >= 11 is 0. The summed E-state index contributed by atoms with van der Waals surface area (Å²) in [5.74, 6) is -5.72. The molecule has 2 aromatic heterocycles. The first-order chi connectivity index (χ1) is 26.4. The predicted octanol–water partition coefficient (Wildman–Crippen LogP) is 3.62. The molecule has 4 heterocycles. The number of carbonyl (C=O) groups excluding carboxylic acids is 4. The zero-order chi connectivity index (χ0) is 40.2. The number of aromatic nitrogens is 3. The fourth-order valence-electron chi connectivity index (χ4n) is 7.10. The molecule has 4 amide bonds. The molecular weight excluding hydrogens is 766 g/mol. The number of aryl methyl sites for hydroxylation is 1. The van der Waals surface area contributed by atoms with Gasteiger partial charge in [-0.3, -0.25) is 23.9 Å². The van der Waals surface area contributed by atoms with Gasteiger partial charge in [-0.05, 0) is 64.5 Å². The average molecular weight is 806 g/mol. The normalized spacial score (nSPS) is 27.2. The molecule has 56 heavy (non-hydrogen) atoms. The summed E-state index contributed by atoms with van der Waals surface area (Å²) in [4.78, 5) is 64.2. The van der Waals surface area contributed by atoms with E-state index in [9.17, 15) is 45.2 Å². The minimum atomic E-state index is -5.10. The highest BCUT2D eigenvalue weighted by Crippen LogP contribution is 2.47. The van der Waals surface area contributed by atoms with Gasteiger partial charge in [-0.25, -0.2) is 22.8 Å². The molecule has 2 saturated carbocycles. The number of alkyl halides is 3. The maximum atomic E-state index is 14.7. The molecule has 4 aliphatic rings. The minimum Gasteiger partial charge on any atom is -0.471 e. The number of allylic oxidation sites excluding steroid dienone is 1. The van der Waals surface area contributed by atoms with E-state index in [1.165, 1.54) is 19.1 Å². The fraction of sp³-hybridized carbons (Fsp3) is 0.528. The number of ether oxygens (including phenoxy) is 1. The molecule has 20 heteroatoms. The Balaban J connectivity index is 1.23. The Morgan fingerprint density at radius 2 is 1.89 bits per heavy atom. The molecule has 2 aliphatic carbocycles. The van der Waals surface area contributed by atoms with Gasteiger partial charge in [0.05, 0.1) is 16.8 Å². The molecule has 3 N–H and O–H groups in total. The topological polar surface area (TPSA) is 203 Å². The van der Waals surface area contributed by atoms with Crippen LogP contribution in [-0.2, 0) is 30.6 Å². The Morgan fingerprint density at radius 1 is 1.12 bits per heavy atom. The van der Waals surface area contributed by atoms with Crippen molar-refractivity contribution in [2.75, 3.05) is 6.54 Å². The van der Waals surface area contributed by atoms with Crippen LogP contribution in [0.2, 0.25) is 0 Å². The molecule has 7 rings (SSSR count). The second-order valence-electron chi connectivity index (χ2n) is 15.0. The SMILES string of the molecule is Cc1cc(C(=O)N[C@H]2CCCCC/C=C\[C@@H]3C[C@@]3(C(=O)NS(=O)(=O)C3(C)CC3)NC(=O)[C@@H]3C[C@@H](Oc4nc5c(F)cccc5nc4C(F)(F)F)CN3C2=O)no1. The zero-order valence-corrected chi connectivity index (χ0v) is 31.1. The lowest BCUT2D eigenvalue weighted by atomic mass is 10.0. The summed E-state index contributed by atoms with van der Waals surface area (Å²) in [6, 6.07) is 1.94. The third kappa shape index (κ3) is 7.66. The van der Waals surface area contributed by atoms with Crippen molar-refractivity contribution in [1.29, 1.82) is 0 Å². The number of nitrogens with one attached hydrogen (secondary N) is 3. The van der Waals surface area contributed by atoms with E-state index >= 15 is 0 Å². The van der Waals surface area contributed by atoms with Crippen LogP contribution in [0, 0.1) is 18.7 Å². The Morgan fingerprint density at radius 3 is 2.59 bits per heavy atom. The third-order valence-electron chi connectivity index (χ3n) is 10.8. The number of nitrogens with zero attached hydrogens (tertiary/aromatic N) is 4. The van der Waals surface area contributed by atoms with Gasteiger partial charge in [-0.15, -0.1) is 0 Å². The molecule has 300 valence electrons. The third-order valence-corrected chi connectivity index (χ3v) is 13.0. The minimum absolute atomic E-state index is 0.0386. The number of rotatable bonds is 7. The highest BCUT2D eigenvalue weighted by molar-refractivity contribution is 7.91. The first-order valence-corrected chi connectivity index (χ1v) is 19.7. The van der Waals surface area contributed by atoms with Crippen LogP contribution in [0.25, 0.3) is 11.0 Å². The molecule has 3 fully saturated rings. The van der Waals surface area contributed by atoms with Gasteiger partial charge in [0.1, 0.15) is 35.0 Å². The number of para-hydroxylation sites is 1. The van der Waals surface area contributed by atoms with E-state index in [1.807, 2.05) is 6.08 Å². The maximum Gasteiger partial charge on any atom is 0.438 e. The van der Waals surface area contributed by atoms with Crippen molar-refractivity contribution in [1.82, 2.24) is 35.4 Å². The lowest BCUT2D eigenvalue weighted by Crippen LogP contribution is -2.58. The van der Waals surface area contributed by atoms with Gasteiger partial charge in [0, 0.05) is 18.4 Å². The zero-order valence-electron chi connectivity index (χ0n) is 30.3. The molecule has 0 bridgehead atoms. The van der Waals surface area contributed by atoms with E-state index in [0.717, 1.165) is 17.0 Å². The van der Waals surface area contributed by atoms with Crippen LogP contribution in [0.3, 0.4) is 0 Å². The van der Waals surface area contributed by atoms with Crippen LogP contribution in [0.5, 0.6) is 5.88 Å². The van der Waals surface area contributed by atoms with E-state index in [2.05, 4.69) is 30.5 Å². The van der Waals surface area contributed by atoms with Crippen LogP contribution in [0.1, 0.15) is 86.7 Å². The number of hydrogen-bond acceptors (Lipinski definition) is 11. The molecule has 0 unspecified atom stereocenters. The molecular formula is C36H39F4N7O8S. The highest BCUT2D eigenvalue weighted by Gasteiger charge is 2.63. The number of halogens is 4. The second kappa shape index (κ2) is 14.4. The Labute approximate surface area is 318 Å². The molecule has 15 nitrogen and oxygen atoms in total. The lowest BCUT2D eigenvalue weighted by Gasteiger charge is -2.30. The summed E-state index contributed by atoms with van der Waals surface area (Å²) < 4.78 is 95.4. The maximum absolute atomic E-state index is 14.7. The van der Waals surface area contributed by atoms with Gasteiger partial charge < -0.3 is 24.8 Å². The van der Waals surface area contributed by atoms with Gasteiger partial charge in [-0.1, -0.05) is 36.2 Å². The van der Waals surface area contributed by atoms with E-state index in [0.29, 0.717) is 44.3 Å². The molecule has 1 aromatic carbocycles. The first kappa shape index (κ1) is 39.1. The standard InChI is InChI=1S/C36H39F4N7O8S/c1-19-15-25(45-55-19)29(48)42-24-11-7-5-3-4-6-9-20-17-35(20,33(51)46-56(52,53)34(2)13-14-34)44-30(49)26-16-21(18-47(26)32(24)50)54-31-28(36(38,39)40)41-23-12-8-10-22(37)27(23)43-31/h6,8-10,12,15,20-21,24,26H,3-5,7,11,13-14,16-18H2,1-2H3,(H,42,48)(H,44,49)(H,46,51)/b9-6-/t20-,21-,24+,26+,35-/m1/s1. The van der Waals surface area contributed by atoms with Gasteiger partial charge in [0.2, 0.25) is 33.4 Å². The summed E-state index contributed by atoms with van der Waals surface area (Å²) in [5, 5.41) is 9.02. The number of sulfonamides is 1. The molecule has 5 atom stereocenters. The Hall–Kier alpha value is -5.14. The van der Waals surface area contributed by atoms with Crippen molar-refractivity contribution in [3.05, 3.63) is 59.4 Å². The summed E-state index contributed by atoms with van der Waals surface area (Å²) in [5.41, 5.74) is -4.27. The van der Waals surface area contributed by atoms with Crippen molar-refractivity contribution in [2.45, 2.75) is 106 Å². The highest BCUT2D eigenvalue weighted by atomic mass is 32.2. The number of carbonyl (C=O) groups is 4. The van der Waals surface area contributed by atoms with Gasteiger partial charge in [0.25, 0.3) is 11.8 Å². The summed E-state index contributed by atoms with van der Waals surface area (Å²) in [7, 11) is -4.12. The van der Waals surface area contributed by atoms with Gasteiger partial charge in [-0.2, -0.15) is 13.2 Å². The van der Waals surface area contributed by atoms with Crippen molar-refractivity contribution in [3.8, 4) is 5.88 Å². The van der Waals surface area contributed by atoms with E-state index in [1.54, 1.807) is 13.0 Å². The quantitative estimate of drug-likeness (QED) is 0.233. The second-order valence-corrected chi connectivity index (χ2v) is 17.2. The number of amides is 4. The lowest BCUT2D eigenvalue weighted by molar-refractivity contribution is -0.143. The van der Waals surface area contributed by atoms with E-state index in [4.69, 9.17) is 9.26 Å². The molecule has 0 spiro atoms. The Kier molecular flexibility index (Phi) is 10.1. The fourth-order valence-corrected chi connectivity index (χ4v) is 8.42. The smallest absolute Gasteiger partial charge is 0.438 e. The van der Waals surface area contributed by atoms with Gasteiger partial charge >= 0.3 is 6.18 Å². The first-order valence-electron chi connectivity index (χ1n) is 18.2. The summed E-state index contributed by atoms with van der Waals surface area (Å²) in [6.45, 7) is 2.58. The van der Waals surface area contributed by atoms with Crippen molar-refractivity contribution < 1.29 is 54.4 Å². The van der Waals surface area contributed by atoms with Crippen LogP contribution in [-0.4, -0.2) is 87.1 Å².